The lowest BCUT2D eigenvalue weighted by Crippen LogP contribution is -2.11. The average Bonchev–Trinajstić information content (AvgIpc) is 2.71. The number of alkyl halides is 6. The Morgan fingerprint density at radius 1 is 0.588 bits per heavy atom. The standard InChI is InChI=1S/C20H10F6N2O6/c21-19(22,23)17-11(27(31)32)5-7-13(29)15(17)9-1-2-10(4-3-9)16-14(30)8-6-12(28(33)34)18(16)20(24,25)26/h1-8,29-30H. The Morgan fingerprint density at radius 3 is 1.12 bits per heavy atom. The van der Waals surface area contributed by atoms with Gasteiger partial charge in [-0.3, -0.25) is 20.2 Å². The van der Waals surface area contributed by atoms with Crippen molar-refractivity contribution in [2.24, 2.45) is 0 Å². The predicted molar refractivity (Wildman–Crippen MR) is 104 cm³/mol. The molecule has 0 amide bonds. The Bertz CT molecular complexity index is 1200. The van der Waals surface area contributed by atoms with E-state index in [4.69, 9.17) is 0 Å². The van der Waals surface area contributed by atoms with E-state index in [1.54, 1.807) is 0 Å². The zero-order valence-electron chi connectivity index (χ0n) is 16.3. The number of hydrogen-bond donors (Lipinski definition) is 2. The molecule has 0 radical (unpaired) electrons. The fraction of sp³-hybridized carbons (Fsp3) is 0.100. The number of nitro groups is 2. The molecule has 0 unspecified atom stereocenters. The van der Waals surface area contributed by atoms with Crippen molar-refractivity contribution in [3.05, 3.63) is 79.9 Å². The second-order valence-corrected chi connectivity index (χ2v) is 6.79. The van der Waals surface area contributed by atoms with Crippen molar-refractivity contribution in [3.8, 4) is 33.8 Å². The number of rotatable bonds is 4. The molecule has 3 aromatic rings. The number of nitrogens with zero attached hydrogens (tertiary/aromatic N) is 2. The zero-order valence-corrected chi connectivity index (χ0v) is 16.3. The van der Waals surface area contributed by atoms with Crippen LogP contribution in [0.5, 0.6) is 11.5 Å². The second-order valence-electron chi connectivity index (χ2n) is 6.79. The molecule has 0 aliphatic carbocycles. The van der Waals surface area contributed by atoms with Crippen molar-refractivity contribution < 1.29 is 46.4 Å². The highest BCUT2D eigenvalue weighted by molar-refractivity contribution is 5.83. The molecule has 0 heterocycles. The van der Waals surface area contributed by atoms with Crippen LogP contribution >= 0.6 is 0 Å². The van der Waals surface area contributed by atoms with Crippen molar-refractivity contribution in [1.29, 1.82) is 0 Å². The van der Waals surface area contributed by atoms with Crippen LogP contribution in [-0.2, 0) is 12.4 Å². The van der Waals surface area contributed by atoms with Gasteiger partial charge in [-0.15, -0.1) is 0 Å². The molecule has 0 saturated heterocycles. The summed E-state index contributed by atoms with van der Waals surface area (Å²) < 4.78 is 81.6. The monoisotopic (exact) mass is 488 g/mol. The molecule has 0 spiro atoms. The van der Waals surface area contributed by atoms with Crippen LogP contribution in [0.15, 0.2) is 48.5 Å². The predicted octanol–water partition coefficient (Wildman–Crippen LogP) is 6.29. The number of nitro benzene ring substituents is 2. The van der Waals surface area contributed by atoms with Gasteiger partial charge >= 0.3 is 12.4 Å². The molecule has 0 aliphatic rings. The lowest BCUT2D eigenvalue weighted by molar-refractivity contribution is -0.388. The molecule has 34 heavy (non-hydrogen) atoms. The zero-order chi connectivity index (χ0) is 25.6. The number of halogens is 6. The van der Waals surface area contributed by atoms with Gasteiger partial charge in [0.05, 0.1) is 9.85 Å². The summed E-state index contributed by atoms with van der Waals surface area (Å²) in [5, 5.41) is 42.2. The molecule has 3 aromatic carbocycles. The van der Waals surface area contributed by atoms with E-state index < -0.39 is 78.5 Å². The summed E-state index contributed by atoms with van der Waals surface area (Å²) in [5.74, 6) is -1.97. The SMILES string of the molecule is O=[N+]([O-])c1ccc(O)c(-c2ccc(-c3c(O)ccc([N+](=O)[O-])c3C(F)(F)F)cc2)c1C(F)(F)F. The van der Waals surface area contributed by atoms with Gasteiger partial charge in [-0.05, 0) is 23.3 Å². The third-order valence-corrected chi connectivity index (χ3v) is 4.75. The lowest BCUT2D eigenvalue weighted by atomic mass is 9.92. The summed E-state index contributed by atoms with van der Waals surface area (Å²) in [6.45, 7) is 0. The number of aromatic hydroxyl groups is 2. The molecule has 0 bridgehead atoms. The Kier molecular flexibility index (Phi) is 5.86. The van der Waals surface area contributed by atoms with Crippen molar-refractivity contribution in [1.82, 2.24) is 0 Å². The number of phenolic OH excluding ortho intramolecular Hbond substituents is 2. The second kappa shape index (κ2) is 8.20. The first kappa shape index (κ1) is 24.3. The van der Waals surface area contributed by atoms with Gasteiger partial charge in [0, 0.05) is 23.3 Å². The van der Waals surface area contributed by atoms with Gasteiger partial charge in [0.2, 0.25) is 0 Å². The van der Waals surface area contributed by atoms with E-state index in [2.05, 4.69) is 0 Å². The van der Waals surface area contributed by atoms with E-state index in [9.17, 15) is 56.8 Å². The summed E-state index contributed by atoms with van der Waals surface area (Å²) in [6.07, 6.45) is -10.6. The van der Waals surface area contributed by atoms with E-state index in [0.29, 0.717) is 24.3 Å². The van der Waals surface area contributed by atoms with Crippen LogP contribution < -0.4 is 0 Å². The number of benzene rings is 3. The highest BCUT2D eigenvalue weighted by atomic mass is 19.4. The summed E-state index contributed by atoms with van der Waals surface area (Å²) in [7, 11) is 0. The van der Waals surface area contributed by atoms with Gasteiger partial charge in [-0.2, -0.15) is 26.3 Å². The van der Waals surface area contributed by atoms with Crippen molar-refractivity contribution >= 4 is 11.4 Å². The van der Waals surface area contributed by atoms with Crippen LogP contribution in [-0.4, -0.2) is 20.1 Å². The van der Waals surface area contributed by atoms with Crippen molar-refractivity contribution in [3.63, 3.8) is 0 Å². The molecular formula is C20H10F6N2O6. The minimum absolute atomic E-state index is 0.448. The summed E-state index contributed by atoms with van der Waals surface area (Å²) in [6, 6.07) is 5.50. The molecule has 2 N–H and O–H groups in total. The topological polar surface area (TPSA) is 127 Å². The maximum Gasteiger partial charge on any atom is 0.423 e. The first-order chi connectivity index (χ1) is 15.6. The molecule has 8 nitrogen and oxygen atoms in total. The number of hydrogen-bond acceptors (Lipinski definition) is 6. The van der Waals surface area contributed by atoms with Gasteiger partial charge in [0.1, 0.15) is 22.6 Å². The third kappa shape index (κ3) is 4.29. The average molecular weight is 488 g/mol. The van der Waals surface area contributed by atoms with Crippen molar-refractivity contribution in [2.45, 2.75) is 12.4 Å². The van der Waals surface area contributed by atoms with Crippen LogP contribution in [0, 0.1) is 20.2 Å². The highest BCUT2D eigenvalue weighted by Gasteiger charge is 2.44. The largest absolute Gasteiger partial charge is 0.507 e. The van der Waals surface area contributed by atoms with Gasteiger partial charge in [-0.1, -0.05) is 24.3 Å². The van der Waals surface area contributed by atoms with Crippen molar-refractivity contribution in [2.75, 3.05) is 0 Å². The number of phenols is 2. The Balaban J connectivity index is 2.28. The summed E-state index contributed by atoms with van der Waals surface area (Å²) in [5.41, 5.74) is -9.16. The minimum Gasteiger partial charge on any atom is -0.507 e. The molecule has 0 atom stereocenters. The van der Waals surface area contributed by atoms with Crippen LogP contribution in [0.25, 0.3) is 22.3 Å². The first-order valence-corrected chi connectivity index (χ1v) is 8.90. The van der Waals surface area contributed by atoms with E-state index in [1.165, 1.54) is 0 Å². The fourth-order valence-corrected chi connectivity index (χ4v) is 3.43. The van der Waals surface area contributed by atoms with Crippen LogP contribution in [0.2, 0.25) is 0 Å². The Labute approximate surface area is 184 Å². The molecular weight excluding hydrogens is 478 g/mol. The molecule has 0 saturated carbocycles. The van der Waals surface area contributed by atoms with Gasteiger partial charge in [0.15, 0.2) is 0 Å². The highest BCUT2D eigenvalue weighted by Crippen LogP contribution is 2.49. The normalized spacial score (nSPS) is 11.9. The van der Waals surface area contributed by atoms with Crippen LogP contribution in [0.4, 0.5) is 37.7 Å². The quantitative estimate of drug-likeness (QED) is 0.253. The maximum atomic E-state index is 13.6. The van der Waals surface area contributed by atoms with Gasteiger partial charge in [0.25, 0.3) is 11.4 Å². The van der Waals surface area contributed by atoms with E-state index in [0.717, 1.165) is 24.3 Å². The molecule has 14 heteroatoms. The van der Waals surface area contributed by atoms with E-state index in [1.807, 2.05) is 0 Å². The molecule has 0 aliphatic heterocycles. The third-order valence-electron chi connectivity index (χ3n) is 4.75. The van der Waals surface area contributed by atoms with E-state index in [-0.39, 0.29) is 0 Å². The van der Waals surface area contributed by atoms with E-state index >= 15 is 0 Å². The summed E-state index contributed by atoms with van der Waals surface area (Å²) >= 11 is 0. The van der Waals surface area contributed by atoms with Gasteiger partial charge < -0.3 is 10.2 Å². The maximum absolute atomic E-state index is 13.6. The van der Waals surface area contributed by atoms with Gasteiger partial charge in [-0.25, -0.2) is 0 Å². The summed E-state index contributed by atoms with van der Waals surface area (Å²) in [4.78, 5) is 19.6. The smallest absolute Gasteiger partial charge is 0.423 e. The molecule has 178 valence electrons. The Morgan fingerprint density at radius 2 is 0.882 bits per heavy atom. The molecule has 0 fully saturated rings. The lowest BCUT2D eigenvalue weighted by Gasteiger charge is -2.17. The fourth-order valence-electron chi connectivity index (χ4n) is 3.43. The first-order valence-electron chi connectivity index (χ1n) is 8.90. The Hall–Kier alpha value is -4.36. The van der Waals surface area contributed by atoms with Crippen LogP contribution in [0.3, 0.4) is 0 Å². The molecule has 0 aromatic heterocycles. The van der Waals surface area contributed by atoms with Crippen LogP contribution in [0.1, 0.15) is 11.1 Å². The molecule has 3 rings (SSSR count). The minimum atomic E-state index is -5.28.